The van der Waals surface area contributed by atoms with E-state index in [0.29, 0.717) is 14.3 Å². The van der Waals surface area contributed by atoms with E-state index in [9.17, 15) is 5.11 Å². The van der Waals surface area contributed by atoms with Gasteiger partial charge < -0.3 is 5.11 Å². The second-order valence-electron chi connectivity index (χ2n) is 4.54. The largest absolute Gasteiger partial charge is 0.507 e. The van der Waals surface area contributed by atoms with E-state index in [1.165, 1.54) is 0 Å². The van der Waals surface area contributed by atoms with E-state index in [2.05, 4.69) is 11.2 Å². The van der Waals surface area contributed by atoms with Crippen molar-refractivity contribution in [1.82, 2.24) is 4.68 Å². The molecule has 3 rings (SSSR count). The molecule has 1 aromatic heterocycles. The third-order valence-corrected chi connectivity index (χ3v) is 4.47. The highest BCUT2D eigenvalue weighted by Crippen LogP contribution is 2.19. The minimum absolute atomic E-state index is 0.341. The Hall–Kier alpha value is -2.38. The molecule has 0 amide bonds. The summed E-state index contributed by atoms with van der Waals surface area (Å²) in [5, 5.41) is 16.4. The predicted octanol–water partition coefficient (Wildman–Crippen LogP) is 2.71. The highest BCUT2D eigenvalue weighted by Gasteiger charge is 2.04. The third-order valence-electron chi connectivity index (χ3n) is 3.05. The van der Waals surface area contributed by atoms with Gasteiger partial charge in [-0.25, -0.2) is 4.68 Å². The van der Waals surface area contributed by atoms with E-state index in [-0.39, 0.29) is 0 Å². The van der Waals surface area contributed by atoms with Crippen molar-refractivity contribution in [2.75, 3.05) is 0 Å². The molecular weight excluding hydrogens is 279 g/mol. The topological polar surface area (TPSA) is 37.5 Å². The molecule has 3 aromatic rings. The lowest BCUT2D eigenvalue weighted by atomic mass is 10.2. The van der Waals surface area contributed by atoms with Crippen LogP contribution in [-0.4, -0.2) is 16.0 Å². The first-order valence-electron chi connectivity index (χ1n) is 6.64. The Labute approximate surface area is 125 Å². The van der Waals surface area contributed by atoms with Gasteiger partial charge in [-0.15, -0.1) is 0 Å². The molecule has 104 valence electrons. The molecule has 0 bridgehead atoms. The number of benzene rings is 2. The predicted molar refractivity (Wildman–Crippen MR) is 89.6 cm³/mol. The second-order valence-corrected chi connectivity index (χ2v) is 5.86. The zero-order chi connectivity index (χ0) is 14.5. The van der Waals surface area contributed by atoms with Crippen LogP contribution in [0.3, 0.4) is 0 Å². The van der Waals surface area contributed by atoms with Crippen LogP contribution >= 0.6 is 8.58 Å². The van der Waals surface area contributed by atoms with Crippen LogP contribution in [0.15, 0.2) is 78.2 Å². The van der Waals surface area contributed by atoms with Crippen molar-refractivity contribution in [2.45, 2.75) is 0 Å². The lowest BCUT2D eigenvalue weighted by Crippen LogP contribution is -2.09. The van der Waals surface area contributed by atoms with Gasteiger partial charge in [0.25, 0.3) is 0 Å². The molecule has 2 aromatic carbocycles. The summed E-state index contributed by atoms with van der Waals surface area (Å²) in [7, 11) is 0.399. The fourth-order valence-corrected chi connectivity index (χ4v) is 3.13. The lowest BCUT2D eigenvalue weighted by molar-refractivity contribution is 0.480. The zero-order valence-electron chi connectivity index (χ0n) is 11.3. The van der Waals surface area contributed by atoms with E-state index in [0.717, 1.165) is 16.2 Å². The Kier molecular flexibility index (Phi) is 4.13. The van der Waals surface area contributed by atoms with Gasteiger partial charge in [-0.1, -0.05) is 51.0 Å². The van der Waals surface area contributed by atoms with Crippen molar-refractivity contribution in [2.24, 2.45) is 5.10 Å². The van der Waals surface area contributed by atoms with Gasteiger partial charge in [-0.05, 0) is 23.5 Å². The zero-order valence-corrected chi connectivity index (χ0v) is 12.3. The summed E-state index contributed by atoms with van der Waals surface area (Å²) in [6.45, 7) is 0. The van der Waals surface area contributed by atoms with E-state index < -0.39 is 0 Å². The summed E-state index contributed by atoms with van der Waals surface area (Å²) in [6.07, 6.45) is 5.64. The van der Waals surface area contributed by atoms with Gasteiger partial charge in [0.05, 0.1) is 6.21 Å². The van der Waals surface area contributed by atoms with Crippen molar-refractivity contribution >= 4 is 25.4 Å². The minimum atomic E-state index is 0.341. The Morgan fingerprint density at radius 2 is 1.52 bits per heavy atom. The first-order valence-corrected chi connectivity index (χ1v) is 7.64. The number of aromatic hydroxyl groups is 1. The van der Waals surface area contributed by atoms with Gasteiger partial charge in [0.15, 0.2) is 0 Å². The molecule has 1 unspecified atom stereocenters. The quantitative estimate of drug-likeness (QED) is 0.583. The molecule has 4 heteroatoms. The van der Waals surface area contributed by atoms with E-state index >= 15 is 0 Å². The molecule has 3 nitrogen and oxygen atoms in total. The maximum absolute atomic E-state index is 9.91. The van der Waals surface area contributed by atoms with Crippen LogP contribution in [-0.2, 0) is 0 Å². The molecule has 0 saturated carbocycles. The molecule has 0 radical (unpaired) electrons. The fraction of sp³-hybridized carbons (Fsp3) is 0. The molecule has 0 saturated heterocycles. The number of nitrogens with zero attached hydrogens (tertiary/aromatic N) is 2. The van der Waals surface area contributed by atoms with Gasteiger partial charge in [-0.2, -0.15) is 5.10 Å². The first-order chi connectivity index (χ1) is 10.3. The summed E-state index contributed by atoms with van der Waals surface area (Å²) in [4.78, 5) is 0. The number of para-hydroxylation sites is 1. The lowest BCUT2D eigenvalue weighted by Gasteiger charge is -2.07. The summed E-state index contributed by atoms with van der Waals surface area (Å²) in [6, 6.07) is 19.4. The summed E-state index contributed by atoms with van der Waals surface area (Å²) >= 11 is 0. The van der Waals surface area contributed by atoms with Gasteiger partial charge in [-0.3, -0.25) is 0 Å². The smallest absolute Gasteiger partial charge is 0.123 e. The van der Waals surface area contributed by atoms with Crippen LogP contribution < -0.4 is 10.6 Å². The van der Waals surface area contributed by atoms with Crippen molar-refractivity contribution in [3.63, 3.8) is 0 Å². The first kappa shape index (κ1) is 13.6. The number of rotatable bonds is 4. The molecule has 0 aliphatic rings. The Morgan fingerprint density at radius 3 is 2.29 bits per heavy atom. The molecule has 0 fully saturated rings. The number of phenols is 1. The molecule has 1 N–H and O–H groups in total. The average Bonchev–Trinajstić information content (AvgIpc) is 3.02. The van der Waals surface area contributed by atoms with Crippen molar-refractivity contribution in [1.29, 1.82) is 0 Å². The molecule has 0 aliphatic carbocycles. The Bertz CT molecular complexity index is 751. The van der Waals surface area contributed by atoms with E-state index in [1.807, 2.05) is 67.1 Å². The van der Waals surface area contributed by atoms with Crippen molar-refractivity contribution in [3.05, 3.63) is 78.6 Å². The van der Waals surface area contributed by atoms with Crippen LogP contribution in [0.1, 0.15) is 5.56 Å². The molecule has 21 heavy (non-hydrogen) atoms. The van der Waals surface area contributed by atoms with Crippen molar-refractivity contribution < 1.29 is 5.11 Å². The number of hydrogen-bond donors (Lipinski definition) is 1. The van der Waals surface area contributed by atoms with Crippen LogP contribution in [0.4, 0.5) is 0 Å². The minimum Gasteiger partial charge on any atom is -0.507 e. The monoisotopic (exact) mass is 294 g/mol. The second kappa shape index (κ2) is 6.38. The highest BCUT2D eigenvalue weighted by molar-refractivity contribution is 7.56. The molecular formula is C17H15N2OP. The maximum Gasteiger partial charge on any atom is 0.123 e. The molecule has 0 spiro atoms. The number of hydrogen-bond acceptors (Lipinski definition) is 2. The SMILES string of the molecule is Oc1ccccc1Pc1ccccc1C=Nn1cccc1. The number of phenolic OH excluding ortho intramolecular Hbond substituents is 1. The highest BCUT2D eigenvalue weighted by atomic mass is 31.1. The number of aromatic nitrogens is 1. The third kappa shape index (κ3) is 3.39. The standard InChI is InChI=1S/C17H15N2OP/c20-15-8-2-4-10-17(15)21-16-9-3-1-7-14(16)13-18-19-11-5-6-12-19/h1-13,20-21H. The van der Waals surface area contributed by atoms with E-state index in [4.69, 9.17) is 0 Å². The Morgan fingerprint density at radius 1 is 0.857 bits per heavy atom. The van der Waals surface area contributed by atoms with Gasteiger partial charge in [0.1, 0.15) is 5.75 Å². The fourth-order valence-electron chi connectivity index (χ4n) is 1.98. The van der Waals surface area contributed by atoms with E-state index in [1.54, 1.807) is 10.7 Å². The van der Waals surface area contributed by atoms with Crippen LogP contribution in [0.2, 0.25) is 0 Å². The van der Waals surface area contributed by atoms with Gasteiger partial charge in [0.2, 0.25) is 0 Å². The summed E-state index contributed by atoms with van der Waals surface area (Å²) < 4.78 is 1.76. The summed E-state index contributed by atoms with van der Waals surface area (Å²) in [5.41, 5.74) is 1.06. The van der Waals surface area contributed by atoms with Crippen LogP contribution in [0.25, 0.3) is 0 Å². The maximum atomic E-state index is 9.91. The summed E-state index contributed by atoms with van der Waals surface area (Å²) in [5.74, 6) is 0.341. The van der Waals surface area contributed by atoms with Gasteiger partial charge in [0, 0.05) is 23.3 Å². The van der Waals surface area contributed by atoms with Crippen LogP contribution in [0, 0.1) is 0 Å². The molecule has 1 atom stereocenters. The molecule has 0 aliphatic heterocycles. The molecule has 1 heterocycles. The van der Waals surface area contributed by atoms with Gasteiger partial charge >= 0.3 is 0 Å². The average molecular weight is 294 g/mol. The van der Waals surface area contributed by atoms with Crippen LogP contribution in [0.5, 0.6) is 5.75 Å². The van der Waals surface area contributed by atoms with Crippen molar-refractivity contribution in [3.8, 4) is 5.75 Å². The normalized spacial score (nSPS) is 11.6. The Balaban J connectivity index is 1.88.